The number of hydrogen-bond donors (Lipinski definition) is 1. The van der Waals surface area contributed by atoms with E-state index in [-0.39, 0.29) is 11.9 Å². The molecule has 1 aromatic carbocycles. The fourth-order valence-corrected chi connectivity index (χ4v) is 2.28. The molecule has 0 saturated carbocycles. The summed E-state index contributed by atoms with van der Waals surface area (Å²) < 4.78 is 13.7. The normalized spacial score (nSPS) is 13.4. The fourth-order valence-electron chi connectivity index (χ4n) is 2.28. The molecule has 0 amide bonds. The van der Waals surface area contributed by atoms with E-state index in [0.717, 1.165) is 19.4 Å². The third-order valence-electron chi connectivity index (χ3n) is 4.16. The van der Waals surface area contributed by atoms with E-state index < -0.39 is 11.4 Å². The molecule has 0 heterocycles. The van der Waals surface area contributed by atoms with Crippen LogP contribution in [0.3, 0.4) is 0 Å². The molecule has 0 spiro atoms. The molecule has 0 aliphatic heterocycles. The minimum atomic E-state index is -0.754. The van der Waals surface area contributed by atoms with Gasteiger partial charge in [0.2, 0.25) is 0 Å². The molecule has 1 N–H and O–H groups in total. The fraction of sp³-hybridized carbons (Fsp3) is 0.588. The highest BCUT2D eigenvalue weighted by atomic mass is 19.1. The quantitative estimate of drug-likeness (QED) is 0.734. The molecular weight excluding hydrogens is 269 g/mol. The lowest BCUT2D eigenvalue weighted by atomic mass is 9.87. The van der Waals surface area contributed by atoms with Gasteiger partial charge in [0.15, 0.2) is 0 Å². The zero-order chi connectivity index (χ0) is 16.0. The molecule has 4 heteroatoms. The van der Waals surface area contributed by atoms with Crippen molar-refractivity contribution in [3.63, 3.8) is 0 Å². The monoisotopic (exact) mass is 295 g/mol. The van der Waals surface area contributed by atoms with Gasteiger partial charge < -0.3 is 5.11 Å². The summed E-state index contributed by atoms with van der Waals surface area (Å²) in [4.78, 5) is 13.1. The molecule has 0 saturated heterocycles. The Morgan fingerprint density at radius 1 is 1.33 bits per heavy atom. The van der Waals surface area contributed by atoms with Gasteiger partial charge >= 0.3 is 5.97 Å². The summed E-state index contributed by atoms with van der Waals surface area (Å²) in [5.74, 6) is -0.931. The second-order valence-electron chi connectivity index (χ2n) is 6.32. The maximum atomic E-state index is 13.7. The Morgan fingerprint density at radius 2 is 1.95 bits per heavy atom. The minimum absolute atomic E-state index is 0.0127. The Kier molecular flexibility index (Phi) is 6.34. The van der Waals surface area contributed by atoms with Crippen molar-refractivity contribution in [2.75, 3.05) is 13.6 Å². The Balaban J connectivity index is 2.42. The predicted octanol–water partition coefficient (Wildman–Crippen LogP) is 4.10. The van der Waals surface area contributed by atoms with Gasteiger partial charge in [0.25, 0.3) is 0 Å². The summed E-state index contributed by atoms with van der Waals surface area (Å²) in [5.41, 5.74) is 0.0290. The van der Waals surface area contributed by atoms with Gasteiger partial charge in [-0.15, -0.1) is 0 Å². The number of hydrogen-bond acceptors (Lipinski definition) is 2. The van der Waals surface area contributed by atoms with E-state index in [4.69, 9.17) is 5.11 Å². The van der Waals surface area contributed by atoms with Crippen LogP contribution in [0.5, 0.6) is 0 Å². The number of unbranched alkanes of at least 4 members (excludes halogenated alkanes) is 1. The Bertz CT molecular complexity index is 474. The van der Waals surface area contributed by atoms with Crippen LogP contribution in [0, 0.1) is 11.2 Å². The van der Waals surface area contributed by atoms with Crippen molar-refractivity contribution in [3.05, 3.63) is 35.6 Å². The molecule has 0 aromatic heterocycles. The maximum absolute atomic E-state index is 13.7. The number of carboxylic acid groups (broad SMARTS) is 1. The van der Waals surface area contributed by atoms with Gasteiger partial charge in [0.05, 0.1) is 5.41 Å². The lowest BCUT2D eigenvalue weighted by molar-refractivity contribution is -0.147. The molecule has 1 unspecified atom stereocenters. The largest absolute Gasteiger partial charge is 0.481 e. The van der Waals surface area contributed by atoms with Gasteiger partial charge in [-0.2, -0.15) is 0 Å². The van der Waals surface area contributed by atoms with Crippen LogP contribution in [-0.4, -0.2) is 29.6 Å². The lowest BCUT2D eigenvalue weighted by Gasteiger charge is -2.26. The average Bonchev–Trinajstić information content (AvgIpc) is 2.43. The summed E-state index contributed by atoms with van der Waals surface area (Å²) in [7, 11) is 1.97. The molecule has 3 nitrogen and oxygen atoms in total. The van der Waals surface area contributed by atoms with Crippen LogP contribution in [0.1, 0.15) is 51.6 Å². The van der Waals surface area contributed by atoms with Crippen molar-refractivity contribution in [1.82, 2.24) is 4.90 Å². The van der Waals surface area contributed by atoms with E-state index in [0.29, 0.717) is 12.0 Å². The van der Waals surface area contributed by atoms with Crippen LogP contribution in [-0.2, 0) is 4.79 Å². The Hall–Kier alpha value is -1.42. The molecule has 1 atom stereocenters. The van der Waals surface area contributed by atoms with Gasteiger partial charge in [-0.1, -0.05) is 24.6 Å². The molecule has 1 aromatic rings. The molecule has 118 valence electrons. The van der Waals surface area contributed by atoms with E-state index in [1.807, 2.05) is 26.1 Å². The molecule has 1 rings (SSSR count). The SMILES string of the molecule is CC(c1ccccc1F)N(C)CCCCC(C)(C)C(=O)O. The van der Waals surface area contributed by atoms with E-state index in [2.05, 4.69) is 4.90 Å². The first-order chi connectivity index (χ1) is 9.75. The number of carbonyl (C=O) groups is 1. The Morgan fingerprint density at radius 3 is 2.52 bits per heavy atom. The van der Waals surface area contributed by atoms with Crippen LogP contribution in [0.15, 0.2) is 24.3 Å². The predicted molar refractivity (Wildman–Crippen MR) is 82.7 cm³/mol. The second-order valence-corrected chi connectivity index (χ2v) is 6.32. The van der Waals surface area contributed by atoms with Crippen LogP contribution in [0.2, 0.25) is 0 Å². The summed E-state index contributed by atoms with van der Waals surface area (Å²) in [6, 6.07) is 6.84. The van der Waals surface area contributed by atoms with Gasteiger partial charge in [0.1, 0.15) is 5.82 Å². The number of halogens is 1. The third-order valence-corrected chi connectivity index (χ3v) is 4.16. The van der Waals surface area contributed by atoms with Crippen molar-refractivity contribution in [2.24, 2.45) is 5.41 Å². The van der Waals surface area contributed by atoms with E-state index in [9.17, 15) is 9.18 Å². The first-order valence-electron chi connectivity index (χ1n) is 7.44. The lowest BCUT2D eigenvalue weighted by Crippen LogP contribution is -2.26. The van der Waals surface area contributed by atoms with Crippen LogP contribution in [0.4, 0.5) is 4.39 Å². The summed E-state index contributed by atoms with van der Waals surface area (Å²) in [6.45, 7) is 6.31. The minimum Gasteiger partial charge on any atom is -0.481 e. The number of aliphatic carboxylic acids is 1. The number of benzene rings is 1. The molecule has 0 fully saturated rings. The zero-order valence-corrected chi connectivity index (χ0v) is 13.4. The van der Waals surface area contributed by atoms with Gasteiger partial charge in [0, 0.05) is 11.6 Å². The highest BCUT2D eigenvalue weighted by Gasteiger charge is 2.26. The number of rotatable bonds is 8. The van der Waals surface area contributed by atoms with Crippen molar-refractivity contribution >= 4 is 5.97 Å². The van der Waals surface area contributed by atoms with Crippen LogP contribution < -0.4 is 0 Å². The second kappa shape index (κ2) is 7.55. The van der Waals surface area contributed by atoms with E-state index in [1.165, 1.54) is 6.07 Å². The summed E-state index contributed by atoms with van der Waals surface area (Å²) in [5, 5.41) is 9.07. The van der Waals surface area contributed by atoms with Crippen molar-refractivity contribution in [2.45, 2.75) is 46.1 Å². The number of carboxylic acids is 1. The topological polar surface area (TPSA) is 40.5 Å². The first kappa shape index (κ1) is 17.6. The zero-order valence-electron chi connectivity index (χ0n) is 13.4. The van der Waals surface area contributed by atoms with Crippen molar-refractivity contribution in [3.8, 4) is 0 Å². The maximum Gasteiger partial charge on any atom is 0.309 e. The summed E-state index contributed by atoms with van der Waals surface area (Å²) >= 11 is 0. The highest BCUT2D eigenvalue weighted by molar-refractivity contribution is 5.73. The summed E-state index contributed by atoms with van der Waals surface area (Å²) in [6.07, 6.45) is 2.42. The Labute approximate surface area is 126 Å². The third kappa shape index (κ3) is 5.12. The molecule has 0 aliphatic rings. The molecule has 0 radical (unpaired) electrons. The van der Waals surface area contributed by atoms with E-state index >= 15 is 0 Å². The van der Waals surface area contributed by atoms with Crippen LogP contribution >= 0.6 is 0 Å². The standard InChI is InChI=1S/C17H26FNO2/c1-13(14-9-5-6-10-15(14)18)19(4)12-8-7-11-17(2,3)16(20)21/h5-6,9-10,13H,7-8,11-12H2,1-4H3,(H,20,21). The van der Waals surface area contributed by atoms with Gasteiger partial charge in [-0.05, 0) is 53.3 Å². The van der Waals surface area contributed by atoms with Gasteiger partial charge in [-0.3, -0.25) is 9.69 Å². The molecular formula is C17H26FNO2. The number of nitrogens with zero attached hydrogens (tertiary/aromatic N) is 1. The average molecular weight is 295 g/mol. The van der Waals surface area contributed by atoms with Gasteiger partial charge in [-0.25, -0.2) is 4.39 Å². The molecule has 0 bridgehead atoms. The molecule has 0 aliphatic carbocycles. The van der Waals surface area contributed by atoms with E-state index in [1.54, 1.807) is 19.9 Å². The smallest absolute Gasteiger partial charge is 0.309 e. The highest BCUT2D eigenvalue weighted by Crippen LogP contribution is 2.25. The molecule has 21 heavy (non-hydrogen) atoms. The van der Waals surface area contributed by atoms with Crippen molar-refractivity contribution in [1.29, 1.82) is 0 Å². The van der Waals surface area contributed by atoms with Crippen LogP contribution in [0.25, 0.3) is 0 Å². The van der Waals surface area contributed by atoms with Crippen molar-refractivity contribution < 1.29 is 14.3 Å². The first-order valence-corrected chi connectivity index (χ1v) is 7.44.